The fourth-order valence-electron chi connectivity index (χ4n) is 4.18. The van der Waals surface area contributed by atoms with Crippen LogP contribution in [0.25, 0.3) is 16.5 Å². The van der Waals surface area contributed by atoms with Gasteiger partial charge < -0.3 is 24.1 Å². The van der Waals surface area contributed by atoms with E-state index in [9.17, 15) is 4.79 Å². The Morgan fingerprint density at radius 2 is 1.81 bits per heavy atom. The van der Waals surface area contributed by atoms with E-state index in [1.54, 1.807) is 21.3 Å². The van der Waals surface area contributed by atoms with Crippen LogP contribution in [-0.4, -0.2) is 50.2 Å². The second kappa shape index (κ2) is 9.16. The van der Waals surface area contributed by atoms with Crippen LogP contribution in [-0.2, 0) is 11.2 Å². The Morgan fingerprint density at radius 3 is 2.45 bits per heavy atom. The van der Waals surface area contributed by atoms with Crippen molar-refractivity contribution in [2.24, 2.45) is 0 Å². The van der Waals surface area contributed by atoms with Crippen LogP contribution in [0.3, 0.4) is 0 Å². The standard InChI is InChI=1S/C25H28N2O4/c1-29-19-14-22(30-2)25(23(15-19)31-3)17-10-12-27(13-11-17)24(28)9-8-18-16-26-21-7-5-4-6-20(18)21/h4-7,10,14-16,26H,8-9,11-13H2,1-3H3. The second-order valence-corrected chi connectivity index (χ2v) is 7.59. The topological polar surface area (TPSA) is 63.8 Å². The van der Waals surface area contributed by atoms with Gasteiger partial charge in [-0.05, 0) is 30.0 Å². The number of aromatic amines is 1. The van der Waals surface area contributed by atoms with E-state index < -0.39 is 0 Å². The van der Waals surface area contributed by atoms with Gasteiger partial charge in [0.25, 0.3) is 0 Å². The summed E-state index contributed by atoms with van der Waals surface area (Å²) < 4.78 is 16.5. The number of hydrogen-bond donors (Lipinski definition) is 1. The molecule has 1 amide bonds. The van der Waals surface area contributed by atoms with E-state index in [0.29, 0.717) is 36.8 Å². The minimum absolute atomic E-state index is 0.175. The van der Waals surface area contributed by atoms with Crippen molar-refractivity contribution in [2.45, 2.75) is 19.3 Å². The summed E-state index contributed by atoms with van der Waals surface area (Å²) in [5, 5.41) is 1.19. The maximum Gasteiger partial charge on any atom is 0.223 e. The molecule has 1 aromatic heterocycles. The first-order chi connectivity index (χ1) is 15.1. The number of rotatable bonds is 7. The van der Waals surface area contributed by atoms with Gasteiger partial charge in [-0.25, -0.2) is 0 Å². The quantitative estimate of drug-likeness (QED) is 0.614. The first kappa shape index (κ1) is 20.8. The molecule has 2 aromatic carbocycles. The number of ether oxygens (including phenoxy) is 3. The zero-order chi connectivity index (χ0) is 21.8. The monoisotopic (exact) mass is 420 g/mol. The maximum absolute atomic E-state index is 12.8. The lowest BCUT2D eigenvalue weighted by Crippen LogP contribution is -2.34. The molecule has 0 aliphatic carbocycles. The second-order valence-electron chi connectivity index (χ2n) is 7.59. The summed E-state index contributed by atoms with van der Waals surface area (Å²) >= 11 is 0. The van der Waals surface area contributed by atoms with Crippen molar-refractivity contribution in [3.05, 3.63) is 59.8 Å². The van der Waals surface area contributed by atoms with E-state index in [-0.39, 0.29) is 5.91 Å². The number of H-pyrrole nitrogens is 1. The van der Waals surface area contributed by atoms with E-state index in [1.165, 1.54) is 10.9 Å². The molecule has 0 unspecified atom stereocenters. The van der Waals surface area contributed by atoms with Crippen molar-refractivity contribution in [1.29, 1.82) is 0 Å². The summed E-state index contributed by atoms with van der Waals surface area (Å²) in [6, 6.07) is 11.9. The fraction of sp³-hybridized carbons (Fsp3) is 0.320. The van der Waals surface area contributed by atoms with Crippen LogP contribution < -0.4 is 14.2 Å². The molecule has 3 aromatic rings. The van der Waals surface area contributed by atoms with Crippen molar-refractivity contribution in [3.63, 3.8) is 0 Å². The Morgan fingerprint density at radius 1 is 1.06 bits per heavy atom. The molecule has 1 aliphatic rings. The van der Waals surface area contributed by atoms with Gasteiger partial charge in [-0.1, -0.05) is 24.3 Å². The first-order valence-corrected chi connectivity index (χ1v) is 10.5. The lowest BCUT2D eigenvalue weighted by Gasteiger charge is -2.28. The van der Waals surface area contributed by atoms with Crippen LogP contribution in [0.5, 0.6) is 17.2 Å². The number of carbonyl (C=O) groups is 1. The number of aryl methyl sites for hydroxylation is 1. The zero-order valence-corrected chi connectivity index (χ0v) is 18.2. The van der Waals surface area contributed by atoms with Gasteiger partial charge in [-0.15, -0.1) is 0 Å². The Hall–Kier alpha value is -3.41. The molecule has 0 fully saturated rings. The fourth-order valence-corrected chi connectivity index (χ4v) is 4.18. The van der Waals surface area contributed by atoms with Crippen molar-refractivity contribution in [1.82, 2.24) is 9.88 Å². The van der Waals surface area contributed by atoms with Gasteiger partial charge in [-0.3, -0.25) is 4.79 Å². The lowest BCUT2D eigenvalue weighted by atomic mass is 9.97. The number of para-hydroxylation sites is 1. The summed E-state index contributed by atoms with van der Waals surface area (Å²) in [5.41, 5.74) is 4.34. The number of nitrogens with zero attached hydrogens (tertiary/aromatic N) is 1. The lowest BCUT2D eigenvalue weighted by molar-refractivity contribution is -0.130. The number of fused-ring (bicyclic) bond motifs is 1. The van der Waals surface area contributed by atoms with Gasteiger partial charge in [0.05, 0.1) is 26.9 Å². The van der Waals surface area contributed by atoms with Crippen LogP contribution in [0.2, 0.25) is 0 Å². The van der Waals surface area contributed by atoms with E-state index in [2.05, 4.69) is 23.2 Å². The molecule has 31 heavy (non-hydrogen) atoms. The molecular formula is C25H28N2O4. The summed E-state index contributed by atoms with van der Waals surface area (Å²) in [6.45, 7) is 1.26. The molecule has 0 bridgehead atoms. The van der Waals surface area contributed by atoms with Gasteiger partial charge >= 0.3 is 0 Å². The molecule has 0 saturated heterocycles. The zero-order valence-electron chi connectivity index (χ0n) is 18.2. The largest absolute Gasteiger partial charge is 0.496 e. The molecule has 0 atom stereocenters. The van der Waals surface area contributed by atoms with Crippen LogP contribution in [0.1, 0.15) is 24.0 Å². The Labute approximate surface area is 182 Å². The van der Waals surface area contributed by atoms with Crippen molar-refractivity contribution in [2.75, 3.05) is 34.4 Å². The maximum atomic E-state index is 12.8. The number of hydrogen-bond acceptors (Lipinski definition) is 4. The molecule has 1 aliphatic heterocycles. The van der Waals surface area contributed by atoms with E-state index in [0.717, 1.165) is 29.5 Å². The first-order valence-electron chi connectivity index (χ1n) is 10.5. The smallest absolute Gasteiger partial charge is 0.223 e. The molecule has 2 heterocycles. The summed E-state index contributed by atoms with van der Waals surface area (Å²) in [7, 11) is 4.90. The molecular weight excluding hydrogens is 392 g/mol. The number of carbonyl (C=O) groups excluding carboxylic acids is 1. The van der Waals surface area contributed by atoms with Gasteiger partial charge in [0.2, 0.25) is 5.91 Å². The number of amides is 1. The SMILES string of the molecule is COc1cc(OC)c(C2=CCN(C(=O)CCc3c[nH]c4ccccc34)CC2)c(OC)c1. The molecule has 6 heteroatoms. The van der Waals surface area contributed by atoms with E-state index in [4.69, 9.17) is 14.2 Å². The molecule has 0 saturated carbocycles. The predicted molar refractivity (Wildman–Crippen MR) is 122 cm³/mol. The summed E-state index contributed by atoms with van der Waals surface area (Å²) in [5.74, 6) is 2.28. The average Bonchev–Trinajstić information content (AvgIpc) is 3.24. The Balaban J connectivity index is 1.45. The highest BCUT2D eigenvalue weighted by Crippen LogP contribution is 2.40. The van der Waals surface area contributed by atoms with Gasteiger partial charge in [0.15, 0.2) is 0 Å². The van der Waals surface area contributed by atoms with Gasteiger partial charge in [0.1, 0.15) is 17.2 Å². The highest BCUT2D eigenvalue weighted by atomic mass is 16.5. The normalized spacial score (nSPS) is 13.8. The van der Waals surface area contributed by atoms with Crippen LogP contribution in [0, 0.1) is 0 Å². The summed E-state index contributed by atoms with van der Waals surface area (Å²) in [6.07, 6.45) is 6.09. The van der Waals surface area contributed by atoms with Crippen LogP contribution in [0.4, 0.5) is 0 Å². The van der Waals surface area contributed by atoms with Crippen molar-refractivity contribution >= 4 is 22.4 Å². The van der Waals surface area contributed by atoms with Crippen molar-refractivity contribution in [3.8, 4) is 17.2 Å². The van der Waals surface area contributed by atoms with Gasteiger partial charge in [0, 0.05) is 48.7 Å². The number of aromatic nitrogens is 1. The van der Waals surface area contributed by atoms with Crippen molar-refractivity contribution < 1.29 is 19.0 Å². The third-order valence-corrected chi connectivity index (χ3v) is 5.88. The molecule has 4 rings (SSSR count). The minimum atomic E-state index is 0.175. The van der Waals surface area contributed by atoms with E-state index in [1.807, 2.05) is 35.4 Å². The molecule has 6 nitrogen and oxygen atoms in total. The van der Waals surface area contributed by atoms with Crippen LogP contribution in [0.15, 0.2) is 48.7 Å². The number of methoxy groups -OCH3 is 3. The number of benzene rings is 2. The Bertz CT molecular complexity index is 1090. The summed E-state index contributed by atoms with van der Waals surface area (Å²) in [4.78, 5) is 18.0. The molecule has 162 valence electrons. The third-order valence-electron chi connectivity index (χ3n) is 5.88. The molecule has 0 spiro atoms. The highest BCUT2D eigenvalue weighted by molar-refractivity contribution is 5.85. The minimum Gasteiger partial charge on any atom is -0.496 e. The molecule has 1 N–H and O–H groups in total. The Kier molecular flexibility index (Phi) is 6.16. The van der Waals surface area contributed by atoms with E-state index >= 15 is 0 Å². The average molecular weight is 421 g/mol. The predicted octanol–water partition coefficient (Wildman–Crippen LogP) is 4.44. The van der Waals surface area contributed by atoms with Gasteiger partial charge in [-0.2, -0.15) is 0 Å². The molecule has 0 radical (unpaired) electrons. The number of nitrogens with one attached hydrogen (secondary N) is 1. The third kappa shape index (κ3) is 4.24. The highest BCUT2D eigenvalue weighted by Gasteiger charge is 2.23. The van der Waals surface area contributed by atoms with Crippen LogP contribution >= 0.6 is 0 Å².